The molecule has 0 saturated carbocycles. The number of carbonyl (C=O) groups is 2. The van der Waals surface area contributed by atoms with E-state index < -0.39 is 47.3 Å². The van der Waals surface area contributed by atoms with Crippen LogP contribution in [0.4, 0.5) is 23.4 Å². The number of pyridine rings is 1. The number of aromatic nitrogens is 1. The predicted molar refractivity (Wildman–Crippen MR) is 153 cm³/mol. The molecule has 1 aromatic heterocycles. The Balaban J connectivity index is 1.73. The fourth-order valence-corrected chi connectivity index (χ4v) is 6.02. The SMILES string of the molecule is CCC1CCCN(c2nc3ccc(Br)cc3c(C(=O)NCC(CCC(=O)O)c3c(F)cccc3C(F)(F)F)c2C)C1. The smallest absolute Gasteiger partial charge is 0.416 e. The monoisotopic (exact) mass is 637 g/mol. The first kappa shape index (κ1) is 30.7. The molecule has 0 spiro atoms. The van der Waals surface area contributed by atoms with E-state index in [-0.39, 0.29) is 13.0 Å². The predicted octanol–water partition coefficient (Wildman–Crippen LogP) is 7.47. The van der Waals surface area contributed by atoms with Crippen LogP contribution in [0.5, 0.6) is 0 Å². The number of anilines is 1. The molecule has 2 atom stereocenters. The summed E-state index contributed by atoms with van der Waals surface area (Å²) in [7, 11) is 0. The van der Waals surface area contributed by atoms with Gasteiger partial charge in [0.25, 0.3) is 5.91 Å². The van der Waals surface area contributed by atoms with Crippen LogP contribution in [0, 0.1) is 18.7 Å². The number of aliphatic carboxylic acids is 1. The summed E-state index contributed by atoms with van der Waals surface area (Å²) in [6.07, 6.45) is -2.50. The lowest BCUT2D eigenvalue weighted by atomic mass is 9.89. The van der Waals surface area contributed by atoms with Gasteiger partial charge in [0.2, 0.25) is 0 Å². The quantitative estimate of drug-likeness (QED) is 0.238. The second-order valence-electron chi connectivity index (χ2n) is 10.5. The highest BCUT2D eigenvalue weighted by Crippen LogP contribution is 2.38. The number of halogens is 5. The van der Waals surface area contributed by atoms with Crippen LogP contribution in [0.3, 0.4) is 0 Å². The molecule has 220 valence electrons. The fraction of sp³-hybridized carbons (Fsp3) is 0.433. The van der Waals surface area contributed by atoms with Gasteiger partial charge in [-0.2, -0.15) is 13.2 Å². The van der Waals surface area contributed by atoms with E-state index in [4.69, 9.17) is 4.98 Å². The van der Waals surface area contributed by atoms with Crippen molar-refractivity contribution in [3.8, 4) is 0 Å². The van der Waals surface area contributed by atoms with Gasteiger partial charge in [-0.25, -0.2) is 9.37 Å². The van der Waals surface area contributed by atoms with E-state index in [0.717, 1.165) is 55.0 Å². The van der Waals surface area contributed by atoms with Crippen molar-refractivity contribution in [3.63, 3.8) is 0 Å². The largest absolute Gasteiger partial charge is 0.481 e. The molecule has 2 aromatic carbocycles. The molecule has 1 aliphatic heterocycles. The maximum Gasteiger partial charge on any atom is 0.416 e. The van der Waals surface area contributed by atoms with Crippen molar-refractivity contribution < 1.29 is 32.3 Å². The topological polar surface area (TPSA) is 82.5 Å². The van der Waals surface area contributed by atoms with Gasteiger partial charge in [0.05, 0.1) is 16.6 Å². The molecule has 11 heteroatoms. The Kier molecular flexibility index (Phi) is 9.56. The van der Waals surface area contributed by atoms with E-state index in [2.05, 4.69) is 33.1 Å². The van der Waals surface area contributed by atoms with Gasteiger partial charge < -0.3 is 15.3 Å². The first-order valence-electron chi connectivity index (χ1n) is 13.6. The van der Waals surface area contributed by atoms with E-state index in [9.17, 15) is 32.3 Å². The summed E-state index contributed by atoms with van der Waals surface area (Å²) in [6.45, 7) is 5.15. The second kappa shape index (κ2) is 12.8. The molecule has 2 heterocycles. The number of alkyl halides is 3. The molecule has 6 nitrogen and oxygen atoms in total. The maximum atomic E-state index is 14.9. The van der Waals surface area contributed by atoms with Gasteiger partial charge in [0.15, 0.2) is 0 Å². The second-order valence-corrected chi connectivity index (χ2v) is 11.4. The highest BCUT2D eigenvalue weighted by atomic mass is 79.9. The van der Waals surface area contributed by atoms with Crippen LogP contribution in [0.25, 0.3) is 10.9 Å². The van der Waals surface area contributed by atoms with Gasteiger partial charge in [0, 0.05) is 53.0 Å². The zero-order valence-electron chi connectivity index (χ0n) is 22.8. The molecule has 0 radical (unpaired) electrons. The summed E-state index contributed by atoms with van der Waals surface area (Å²) < 4.78 is 57.0. The van der Waals surface area contributed by atoms with Gasteiger partial charge in [-0.3, -0.25) is 9.59 Å². The van der Waals surface area contributed by atoms with Crippen molar-refractivity contribution in [2.24, 2.45) is 5.92 Å². The molecule has 2 N–H and O–H groups in total. The summed E-state index contributed by atoms with van der Waals surface area (Å²) in [4.78, 5) is 32.1. The number of rotatable bonds is 9. The molecule has 2 unspecified atom stereocenters. The number of hydrogen-bond donors (Lipinski definition) is 2. The molecule has 1 aliphatic rings. The van der Waals surface area contributed by atoms with E-state index in [0.29, 0.717) is 33.8 Å². The Labute approximate surface area is 244 Å². The number of carboxylic acids is 1. The summed E-state index contributed by atoms with van der Waals surface area (Å²) in [6, 6.07) is 8.02. The zero-order valence-corrected chi connectivity index (χ0v) is 24.4. The van der Waals surface area contributed by atoms with Crippen LogP contribution in [-0.4, -0.2) is 41.6 Å². The standard InChI is InChI=1S/C30H32BrF4N3O3/c1-3-18-6-5-13-38(16-18)28-17(2)26(21-14-20(31)10-11-24(21)37-28)29(41)36-15-19(9-12-25(39)40)27-22(30(33,34)35)7-4-8-23(27)32/h4,7-8,10-11,14,18-19H,3,5-6,9,12-13,15-16H2,1-2H3,(H,36,41)(H,39,40). The first-order valence-corrected chi connectivity index (χ1v) is 14.4. The molecular weight excluding hydrogens is 606 g/mol. The van der Waals surface area contributed by atoms with Crippen molar-refractivity contribution in [1.82, 2.24) is 10.3 Å². The highest BCUT2D eigenvalue weighted by molar-refractivity contribution is 9.10. The number of benzene rings is 2. The fourth-order valence-electron chi connectivity index (χ4n) is 5.66. The van der Waals surface area contributed by atoms with Crippen molar-refractivity contribution in [2.45, 2.75) is 58.0 Å². The minimum Gasteiger partial charge on any atom is -0.481 e. The van der Waals surface area contributed by atoms with Crippen LogP contribution in [0.15, 0.2) is 40.9 Å². The highest BCUT2D eigenvalue weighted by Gasteiger charge is 2.37. The van der Waals surface area contributed by atoms with Crippen molar-refractivity contribution >= 4 is 44.5 Å². The summed E-state index contributed by atoms with van der Waals surface area (Å²) >= 11 is 3.44. The molecule has 41 heavy (non-hydrogen) atoms. The first-order chi connectivity index (χ1) is 19.4. The van der Waals surface area contributed by atoms with E-state index >= 15 is 0 Å². The number of carbonyl (C=O) groups excluding carboxylic acids is 1. The number of hydrogen-bond acceptors (Lipinski definition) is 4. The van der Waals surface area contributed by atoms with Crippen molar-refractivity contribution in [2.75, 3.05) is 24.5 Å². The third kappa shape index (κ3) is 6.99. The van der Waals surface area contributed by atoms with E-state index in [1.807, 2.05) is 6.07 Å². The molecular formula is C30H32BrF4N3O3. The number of fused-ring (bicyclic) bond motifs is 1. The van der Waals surface area contributed by atoms with Crippen LogP contribution < -0.4 is 10.2 Å². The Hall–Kier alpha value is -3.21. The molecule has 1 amide bonds. The van der Waals surface area contributed by atoms with E-state index in [1.165, 1.54) is 0 Å². The molecule has 0 bridgehead atoms. The summed E-state index contributed by atoms with van der Waals surface area (Å²) in [5.41, 5.74) is -0.288. The van der Waals surface area contributed by atoms with Gasteiger partial charge >= 0.3 is 12.1 Å². The molecule has 3 aromatic rings. The maximum absolute atomic E-state index is 14.9. The van der Waals surface area contributed by atoms with Gasteiger partial charge in [-0.05, 0) is 62.4 Å². The summed E-state index contributed by atoms with van der Waals surface area (Å²) in [5, 5.41) is 12.5. The van der Waals surface area contributed by atoms with Gasteiger partial charge in [-0.1, -0.05) is 35.3 Å². The van der Waals surface area contributed by atoms with Crippen LogP contribution in [0.1, 0.15) is 72.0 Å². The van der Waals surface area contributed by atoms with E-state index in [1.54, 1.807) is 19.1 Å². The van der Waals surface area contributed by atoms with Crippen molar-refractivity contribution in [3.05, 3.63) is 68.9 Å². The number of carboxylic acid groups (broad SMARTS) is 1. The van der Waals surface area contributed by atoms with Gasteiger partial charge in [-0.15, -0.1) is 0 Å². The van der Waals surface area contributed by atoms with Crippen LogP contribution in [-0.2, 0) is 11.0 Å². The number of amides is 1. The average molecular weight is 639 g/mol. The third-order valence-electron chi connectivity index (χ3n) is 7.77. The van der Waals surface area contributed by atoms with Crippen molar-refractivity contribution in [1.29, 1.82) is 0 Å². The number of nitrogens with zero attached hydrogens (tertiary/aromatic N) is 2. The third-order valence-corrected chi connectivity index (χ3v) is 8.26. The van der Waals surface area contributed by atoms with Crippen LogP contribution in [0.2, 0.25) is 0 Å². The number of nitrogens with one attached hydrogen (secondary N) is 1. The normalized spacial score (nSPS) is 16.6. The zero-order chi connectivity index (χ0) is 29.9. The lowest BCUT2D eigenvalue weighted by molar-refractivity contribution is -0.138. The Bertz CT molecular complexity index is 1450. The molecule has 1 fully saturated rings. The van der Waals surface area contributed by atoms with Gasteiger partial charge in [0.1, 0.15) is 11.6 Å². The molecule has 4 rings (SSSR count). The lowest BCUT2D eigenvalue weighted by Gasteiger charge is -2.34. The minimum atomic E-state index is -4.85. The van der Waals surface area contributed by atoms with Crippen LogP contribution >= 0.6 is 15.9 Å². The Morgan fingerprint density at radius 1 is 1.24 bits per heavy atom. The molecule has 0 aliphatic carbocycles. The Morgan fingerprint density at radius 3 is 2.68 bits per heavy atom. The lowest BCUT2D eigenvalue weighted by Crippen LogP contribution is -2.37. The molecule has 1 saturated heterocycles. The number of piperidine rings is 1. The minimum absolute atomic E-state index is 0.293. The summed E-state index contributed by atoms with van der Waals surface area (Å²) in [5.74, 6) is -2.93. The average Bonchev–Trinajstić information content (AvgIpc) is 2.92. The Morgan fingerprint density at radius 2 is 2.00 bits per heavy atom.